The number of carbonyl (C=O) groups is 1. The summed E-state index contributed by atoms with van der Waals surface area (Å²) in [4.78, 5) is 16.7. The number of para-hydroxylation sites is 2. The second-order valence-corrected chi connectivity index (χ2v) is 6.72. The van der Waals surface area contributed by atoms with Gasteiger partial charge in [-0.2, -0.15) is 8.78 Å². The fourth-order valence-corrected chi connectivity index (χ4v) is 3.32. The molecule has 0 saturated carbocycles. The van der Waals surface area contributed by atoms with Gasteiger partial charge >= 0.3 is 6.61 Å². The molecule has 1 amide bonds. The number of ether oxygens (including phenoxy) is 1. The molecule has 1 aromatic carbocycles. The van der Waals surface area contributed by atoms with E-state index in [9.17, 15) is 13.6 Å². The van der Waals surface area contributed by atoms with Gasteiger partial charge < -0.3 is 14.6 Å². The molecule has 0 atom stereocenters. The number of thioether (sulfide) groups is 1. The number of aryl methyl sites for hydroxylation is 1. The molecule has 0 fully saturated rings. The minimum atomic E-state index is -2.94. The summed E-state index contributed by atoms with van der Waals surface area (Å²) in [5.41, 5.74) is 2.26. The fraction of sp³-hybridized carbons (Fsp3) is 0.444. The lowest BCUT2D eigenvalue weighted by Crippen LogP contribution is -2.16. The lowest BCUT2D eigenvalue weighted by molar-refractivity contribution is -0.113. The zero-order valence-corrected chi connectivity index (χ0v) is 15.9. The zero-order valence-electron chi connectivity index (χ0n) is 15.1. The Morgan fingerprint density at radius 1 is 1.35 bits per heavy atom. The van der Waals surface area contributed by atoms with Crippen molar-refractivity contribution in [2.24, 2.45) is 0 Å². The molecule has 0 aliphatic carbocycles. The van der Waals surface area contributed by atoms with Gasteiger partial charge in [0.15, 0.2) is 5.16 Å². The first kappa shape index (κ1) is 20.2. The zero-order chi connectivity index (χ0) is 19.1. The highest BCUT2D eigenvalue weighted by atomic mass is 32.2. The van der Waals surface area contributed by atoms with Gasteiger partial charge in [-0.1, -0.05) is 37.2 Å². The van der Waals surface area contributed by atoms with Crippen molar-refractivity contribution < 1.29 is 18.3 Å². The maximum atomic E-state index is 12.4. The molecule has 1 heterocycles. The maximum Gasteiger partial charge on any atom is 0.387 e. The van der Waals surface area contributed by atoms with Crippen LogP contribution in [0.15, 0.2) is 29.4 Å². The Morgan fingerprint density at radius 3 is 2.77 bits per heavy atom. The highest BCUT2D eigenvalue weighted by molar-refractivity contribution is 7.99. The summed E-state index contributed by atoms with van der Waals surface area (Å²) < 4.78 is 31.4. The predicted octanol–water partition coefficient (Wildman–Crippen LogP) is 4.63. The van der Waals surface area contributed by atoms with Crippen molar-refractivity contribution in [1.29, 1.82) is 0 Å². The Hall–Kier alpha value is -2.09. The highest BCUT2D eigenvalue weighted by Gasteiger charge is 2.15. The quantitative estimate of drug-likeness (QED) is 0.642. The number of rotatable bonds is 9. The van der Waals surface area contributed by atoms with E-state index in [4.69, 9.17) is 0 Å². The summed E-state index contributed by atoms with van der Waals surface area (Å²) >= 11 is 1.33. The molecule has 2 aromatic rings. The number of hydrogen-bond acceptors (Lipinski definition) is 4. The van der Waals surface area contributed by atoms with E-state index in [2.05, 4.69) is 26.5 Å². The third kappa shape index (κ3) is 5.45. The number of nitrogens with zero attached hydrogens (tertiary/aromatic N) is 2. The Labute approximate surface area is 156 Å². The van der Waals surface area contributed by atoms with Crippen LogP contribution < -0.4 is 10.1 Å². The van der Waals surface area contributed by atoms with Crippen molar-refractivity contribution in [3.05, 3.63) is 35.7 Å². The van der Waals surface area contributed by atoms with Crippen LogP contribution in [0.25, 0.3) is 0 Å². The predicted molar refractivity (Wildman–Crippen MR) is 99.0 cm³/mol. The molecule has 0 unspecified atom stereocenters. The van der Waals surface area contributed by atoms with E-state index in [0.717, 1.165) is 35.9 Å². The van der Waals surface area contributed by atoms with Crippen LogP contribution in [-0.2, 0) is 11.3 Å². The molecule has 0 radical (unpaired) electrons. The van der Waals surface area contributed by atoms with E-state index in [-0.39, 0.29) is 23.1 Å². The Bertz CT molecular complexity index is 750. The molecule has 0 saturated heterocycles. The van der Waals surface area contributed by atoms with Crippen molar-refractivity contribution in [3.63, 3.8) is 0 Å². The topological polar surface area (TPSA) is 56.2 Å². The van der Waals surface area contributed by atoms with Crippen LogP contribution in [0.3, 0.4) is 0 Å². The summed E-state index contributed by atoms with van der Waals surface area (Å²) in [6.07, 6.45) is 2.11. The van der Waals surface area contributed by atoms with Gasteiger partial charge in [-0.15, -0.1) is 0 Å². The van der Waals surface area contributed by atoms with Crippen molar-refractivity contribution in [2.75, 3.05) is 11.1 Å². The number of unbranched alkanes of at least 4 members (excludes halogenated alkanes) is 1. The molecule has 2 rings (SSSR count). The number of anilines is 1. The summed E-state index contributed by atoms with van der Waals surface area (Å²) in [5, 5.41) is 3.41. The molecule has 0 aliphatic rings. The molecule has 0 spiro atoms. The number of benzene rings is 1. The van der Waals surface area contributed by atoms with Gasteiger partial charge in [0.1, 0.15) is 5.75 Å². The minimum Gasteiger partial charge on any atom is -0.433 e. The van der Waals surface area contributed by atoms with Crippen molar-refractivity contribution >= 4 is 23.4 Å². The van der Waals surface area contributed by atoms with Crippen LogP contribution in [0, 0.1) is 13.8 Å². The second-order valence-electron chi connectivity index (χ2n) is 5.78. The van der Waals surface area contributed by atoms with Crippen molar-refractivity contribution in [3.8, 4) is 5.75 Å². The Balaban J connectivity index is 2.01. The number of hydrogen-bond donors (Lipinski definition) is 1. The van der Waals surface area contributed by atoms with Crippen LogP contribution in [-0.4, -0.2) is 27.8 Å². The van der Waals surface area contributed by atoms with Gasteiger partial charge in [-0.3, -0.25) is 4.79 Å². The molecule has 142 valence electrons. The van der Waals surface area contributed by atoms with E-state index in [1.54, 1.807) is 12.1 Å². The third-order valence-electron chi connectivity index (χ3n) is 3.87. The second kappa shape index (κ2) is 9.56. The van der Waals surface area contributed by atoms with Crippen LogP contribution >= 0.6 is 11.8 Å². The van der Waals surface area contributed by atoms with E-state index < -0.39 is 6.61 Å². The normalized spacial score (nSPS) is 11.0. The van der Waals surface area contributed by atoms with Gasteiger partial charge in [0.2, 0.25) is 5.91 Å². The van der Waals surface area contributed by atoms with Crippen molar-refractivity contribution in [1.82, 2.24) is 9.55 Å². The summed E-state index contributed by atoms with van der Waals surface area (Å²) in [5.74, 6) is -0.233. The van der Waals surface area contributed by atoms with Crippen LogP contribution in [0.4, 0.5) is 14.5 Å². The molecule has 26 heavy (non-hydrogen) atoms. The monoisotopic (exact) mass is 383 g/mol. The molecule has 1 N–H and O–H groups in total. The summed E-state index contributed by atoms with van der Waals surface area (Å²) in [6.45, 7) is 4.00. The molecule has 0 bridgehead atoms. The number of halogens is 2. The molecular formula is C18H23F2N3O2S. The van der Waals surface area contributed by atoms with Crippen LogP contribution in [0.5, 0.6) is 5.75 Å². The lowest BCUT2D eigenvalue weighted by atomic mass is 10.3. The third-order valence-corrected chi connectivity index (χ3v) is 4.84. The van der Waals surface area contributed by atoms with E-state index >= 15 is 0 Å². The number of alkyl halides is 2. The Kier molecular flexibility index (Phi) is 7.44. The number of imidazole rings is 1. The van der Waals surface area contributed by atoms with Gasteiger partial charge in [0.25, 0.3) is 0 Å². The molecule has 8 heteroatoms. The average Bonchev–Trinajstić information content (AvgIpc) is 2.86. The van der Waals surface area contributed by atoms with Gasteiger partial charge in [-0.05, 0) is 32.4 Å². The van der Waals surface area contributed by atoms with Gasteiger partial charge in [-0.25, -0.2) is 4.98 Å². The smallest absolute Gasteiger partial charge is 0.387 e. The molecule has 0 aliphatic heterocycles. The van der Waals surface area contributed by atoms with Gasteiger partial charge in [0.05, 0.1) is 17.1 Å². The number of nitrogens with one attached hydrogen (secondary N) is 1. The largest absolute Gasteiger partial charge is 0.433 e. The number of carbonyl (C=O) groups excluding carboxylic acids is 1. The highest BCUT2D eigenvalue weighted by Crippen LogP contribution is 2.26. The van der Waals surface area contributed by atoms with Crippen LogP contribution in [0.1, 0.15) is 31.2 Å². The fourth-order valence-electron chi connectivity index (χ4n) is 2.40. The molecule has 1 aromatic heterocycles. The summed E-state index contributed by atoms with van der Waals surface area (Å²) in [7, 11) is 0. The standard InChI is InChI=1S/C18H23F2N3O2S/c1-4-5-10-23-13(3)12(2)21-18(23)26-11-16(24)22-14-8-6-7-9-15(14)25-17(19)20/h6-9,17H,4-5,10-11H2,1-3H3,(H,22,24). The SMILES string of the molecule is CCCCn1c(SCC(=O)Nc2ccccc2OC(F)F)nc(C)c1C. The first-order valence-electron chi connectivity index (χ1n) is 8.42. The Morgan fingerprint density at radius 2 is 2.08 bits per heavy atom. The lowest BCUT2D eigenvalue weighted by Gasteiger charge is -2.12. The first-order chi connectivity index (χ1) is 12.4. The summed E-state index contributed by atoms with van der Waals surface area (Å²) in [6, 6.07) is 6.12. The van der Waals surface area contributed by atoms with E-state index in [0.29, 0.717) is 0 Å². The number of amides is 1. The minimum absolute atomic E-state index is 0.0583. The maximum absolute atomic E-state index is 12.4. The van der Waals surface area contributed by atoms with Crippen molar-refractivity contribution in [2.45, 2.75) is 51.9 Å². The van der Waals surface area contributed by atoms with Crippen LogP contribution in [0.2, 0.25) is 0 Å². The average molecular weight is 383 g/mol. The number of aromatic nitrogens is 2. The molecular weight excluding hydrogens is 360 g/mol. The van der Waals surface area contributed by atoms with Gasteiger partial charge in [0, 0.05) is 12.2 Å². The van der Waals surface area contributed by atoms with E-state index in [1.165, 1.54) is 23.9 Å². The van der Waals surface area contributed by atoms with E-state index in [1.807, 2.05) is 13.8 Å². The molecule has 5 nitrogen and oxygen atoms in total. The first-order valence-corrected chi connectivity index (χ1v) is 9.41.